The van der Waals surface area contributed by atoms with Crippen molar-refractivity contribution in [1.82, 2.24) is 0 Å². The molecule has 0 N–H and O–H groups in total. The quantitative estimate of drug-likeness (QED) is 0.576. The summed E-state index contributed by atoms with van der Waals surface area (Å²) in [5, 5.41) is 0. The van der Waals surface area contributed by atoms with Crippen molar-refractivity contribution in [3.05, 3.63) is 35.4 Å². The highest BCUT2D eigenvalue weighted by Gasteiger charge is 2.60. The summed E-state index contributed by atoms with van der Waals surface area (Å²) in [5.74, 6) is 0.976. The molecular formula is C22H32. The summed E-state index contributed by atoms with van der Waals surface area (Å²) in [7, 11) is 0. The van der Waals surface area contributed by atoms with E-state index < -0.39 is 0 Å². The maximum absolute atomic E-state index is 2.58. The van der Waals surface area contributed by atoms with Gasteiger partial charge in [-0.2, -0.15) is 0 Å². The van der Waals surface area contributed by atoms with Crippen molar-refractivity contribution in [2.45, 2.75) is 84.0 Å². The lowest BCUT2D eigenvalue weighted by atomic mass is 9.39. The summed E-state index contributed by atoms with van der Waals surface area (Å²) in [6, 6.07) is 9.64. The van der Waals surface area contributed by atoms with E-state index in [-0.39, 0.29) is 5.41 Å². The molecule has 0 radical (unpaired) electrons. The third kappa shape index (κ3) is 2.17. The SMILES string of the molecule is CC12CC3CC(C)(C1)CC(c1cccc(C(C)(C)C)c1)(C3)C2. The van der Waals surface area contributed by atoms with Crippen molar-refractivity contribution in [2.75, 3.05) is 0 Å². The average molecular weight is 296 g/mol. The minimum absolute atomic E-state index is 0.256. The van der Waals surface area contributed by atoms with E-state index in [1.807, 2.05) is 0 Å². The molecule has 0 amide bonds. The van der Waals surface area contributed by atoms with Crippen molar-refractivity contribution in [3.8, 4) is 0 Å². The Bertz CT molecular complexity index is 585. The Morgan fingerprint density at radius 2 is 1.55 bits per heavy atom. The molecule has 0 aromatic heterocycles. The van der Waals surface area contributed by atoms with E-state index in [0.29, 0.717) is 16.2 Å². The minimum Gasteiger partial charge on any atom is -0.0617 e. The monoisotopic (exact) mass is 296 g/mol. The van der Waals surface area contributed by atoms with Gasteiger partial charge in [-0.15, -0.1) is 0 Å². The van der Waals surface area contributed by atoms with Crippen molar-refractivity contribution in [1.29, 1.82) is 0 Å². The van der Waals surface area contributed by atoms with Gasteiger partial charge in [0.15, 0.2) is 0 Å². The standard InChI is InChI=1S/C22H32/c1-19(2,3)17-7-6-8-18(9-17)22-12-16-10-20(4,14-22)13-21(5,11-16)15-22/h6-9,16H,10-15H2,1-5H3. The van der Waals surface area contributed by atoms with Gasteiger partial charge in [0.2, 0.25) is 0 Å². The van der Waals surface area contributed by atoms with Gasteiger partial charge in [0.1, 0.15) is 0 Å². The summed E-state index contributed by atoms with van der Waals surface area (Å²) < 4.78 is 0. The fourth-order valence-corrected chi connectivity index (χ4v) is 7.09. The molecule has 0 heterocycles. The molecule has 1 aromatic rings. The number of hydrogen-bond donors (Lipinski definition) is 0. The molecule has 4 bridgehead atoms. The molecule has 22 heavy (non-hydrogen) atoms. The van der Waals surface area contributed by atoms with Crippen LogP contribution in [0, 0.1) is 16.7 Å². The summed E-state index contributed by atoms with van der Waals surface area (Å²) in [4.78, 5) is 0. The largest absolute Gasteiger partial charge is 0.0617 e. The molecule has 4 aliphatic rings. The summed E-state index contributed by atoms with van der Waals surface area (Å²) in [6.07, 6.45) is 8.76. The lowest BCUT2D eigenvalue weighted by Gasteiger charge is -2.65. The molecule has 0 heteroatoms. The molecule has 0 saturated heterocycles. The van der Waals surface area contributed by atoms with Crippen LogP contribution in [0.3, 0.4) is 0 Å². The van der Waals surface area contributed by atoms with Crippen molar-refractivity contribution in [2.24, 2.45) is 16.7 Å². The highest BCUT2D eigenvalue weighted by atomic mass is 14.6. The number of rotatable bonds is 1. The zero-order valence-electron chi connectivity index (χ0n) is 15.1. The smallest absolute Gasteiger partial charge is 0.00339 e. The van der Waals surface area contributed by atoms with E-state index in [1.54, 1.807) is 5.56 Å². The van der Waals surface area contributed by atoms with Crippen LogP contribution in [0.5, 0.6) is 0 Å². The maximum Gasteiger partial charge on any atom is -0.00339 e. The molecule has 0 aliphatic heterocycles. The number of benzene rings is 1. The Labute approximate surface area is 136 Å². The van der Waals surface area contributed by atoms with Crippen LogP contribution in [0.1, 0.15) is 84.3 Å². The van der Waals surface area contributed by atoms with Gasteiger partial charge in [-0.05, 0) is 77.2 Å². The molecule has 4 fully saturated rings. The number of hydrogen-bond acceptors (Lipinski definition) is 0. The third-order valence-electron chi connectivity index (χ3n) is 6.97. The first-order valence-electron chi connectivity index (χ1n) is 9.23. The molecule has 4 saturated carbocycles. The fourth-order valence-electron chi connectivity index (χ4n) is 7.09. The van der Waals surface area contributed by atoms with Crippen LogP contribution < -0.4 is 0 Å². The molecule has 2 unspecified atom stereocenters. The first-order chi connectivity index (χ1) is 10.1. The van der Waals surface area contributed by atoms with Crippen LogP contribution in [0.2, 0.25) is 0 Å². The predicted octanol–water partition coefficient (Wildman–Crippen LogP) is 6.23. The molecular weight excluding hydrogens is 264 g/mol. The Morgan fingerprint density at radius 3 is 2.09 bits per heavy atom. The van der Waals surface area contributed by atoms with E-state index in [1.165, 1.54) is 44.1 Å². The Balaban J connectivity index is 1.79. The van der Waals surface area contributed by atoms with Crippen LogP contribution in [-0.2, 0) is 10.8 Å². The van der Waals surface area contributed by atoms with Crippen molar-refractivity contribution < 1.29 is 0 Å². The van der Waals surface area contributed by atoms with Crippen molar-refractivity contribution in [3.63, 3.8) is 0 Å². The zero-order chi connectivity index (χ0) is 15.8. The first kappa shape index (κ1) is 14.8. The molecule has 0 nitrogen and oxygen atoms in total. The van der Waals surface area contributed by atoms with Gasteiger partial charge in [0.05, 0.1) is 0 Å². The zero-order valence-corrected chi connectivity index (χ0v) is 15.1. The second-order valence-corrected chi connectivity index (χ2v) is 10.7. The van der Waals surface area contributed by atoms with Crippen LogP contribution >= 0.6 is 0 Å². The summed E-state index contributed by atoms with van der Waals surface area (Å²) in [5.41, 5.74) is 5.10. The lowest BCUT2D eigenvalue weighted by molar-refractivity contribution is -0.110. The van der Waals surface area contributed by atoms with Crippen LogP contribution in [0.4, 0.5) is 0 Å². The topological polar surface area (TPSA) is 0 Å². The van der Waals surface area contributed by atoms with Gasteiger partial charge < -0.3 is 0 Å². The molecule has 0 spiro atoms. The van der Waals surface area contributed by atoms with Crippen LogP contribution in [-0.4, -0.2) is 0 Å². The van der Waals surface area contributed by atoms with E-state index in [4.69, 9.17) is 0 Å². The van der Waals surface area contributed by atoms with Gasteiger partial charge in [-0.1, -0.05) is 58.9 Å². The maximum atomic E-state index is 2.58. The summed E-state index contributed by atoms with van der Waals surface area (Å²) >= 11 is 0. The molecule has 4 aliphatic carbocycles. The van der Waals surface area contributed by atoms with Gasteiger partial charge >= 0.3 is 0 Å². The van der Waals surface area contributed by atoms with Gasteiger partial charge in [0, 0.05) is 0 Å². The Hall–Kier alpha value is -0.780. The Kier molecular flexibility index (Phi) is 2.82. The minimum atomic E-state index is 0.256. The second kappa shape index (κ2) is 4.19. The van der Waals surface area contributed by atoms with E-state index >= 15 is 0 Å². The Morgan fingerprint density at radius 1 is 0.909 bits per heavy atom. The molecule has 5 rings (SSSR count). The molecule has 1 aromatic carbocycles. The van der Waals surface area contributed by atoms with Crippen molar-refractivity contribution >= 4 is 0 Å². The average Bonchev–Trinajstić information content (AvgIpc) is 2.33. The van der Waals surface area contributed by atoms with E-state index in [0.717, 1.165) is 5.92 Å². The fraction of sp³-hybridized carbons (Fsp3) is 0.727. The normalized spacial score (nSPS) is 43.6. The lowest BCUT2D eigenvalue weighted by Crippen LogP contribution is -2.56. The van der Waals surface area contributed by atoms with Gasteiger partial charge in [-0.3, -0.25) is 0 Å². The van der Waals surface area contributed by atoms with Gasteiger partial charge in [0.25, 0.3) is 0 Å². The molecule has 2 atom stereocenters. The second-order valence-electron chi connectivity index (χ2n) is 10.7. The van der Waals surface area contributed by atoms with Crippen LogP contribution in [0.25, 0.3) is 0 Å². The first-order valence-corrected chi connectivity index (χ1v) is 9.23. The molecule has 120 valence electrons. The van der Waals surface area contributed by atoms with E-state index in [2.05, 4.69) is 58.9 Å². The van der Waals surface area contributed by atoms with E-state index in [9.17, 15) is 0 Å². The summed E-state index contributed by atoms with van der Waals surface area (Å²) in [6.45, 7) is 12.2. The third-order valence-corrected chi connectivity index (χ3v) is 6.97. The highest BCUT2D eigenvalue weighted by molar-refractivity contribution is 5.36. The predicted molar refractivity (Wildman–Crippen MR) is 94.2 cm³/mol. The van der Waals surface area contributed by atoms with Gasteiger partial charge in [-0.25, -0.2) is 0 Å². The van der Waals surface area contributed by atoms with Crippen LogP contribution in [0.15, 0.2) is 24.3 Å². The highest BCUT2D eigenvalue weighted by Crippen LogP contribution is 2.69.